The van der Waals surface area contributed by atoms with Gasteiger partial charge in [-0.1, -0.05) is 0 Å². The third kappa shape index (κ3) is 2.41. The molecule has 4 nitrogen and oxygen atoms in total. The molecule has 1 aromatic heterocycles. The van der Waals surface area contributed by atoms with E-state index < -0.39 is 17.6 Å². The van der Waals surface area contributed by atoms with Gasteiger partial charge in [-0.3, -0.25) is 4.79 Å². The first-order valence-corrected chi connectivity index (χ1v) is 5.09. The smallest absolute Gasteiger partial charge is 0.313 e. The molecule has 2 aromatic rings. The molecule has 0 amide bonds. The second-order valence-electron chi connectivity index (χ2n) is 3.45. The van der Waals surface area contributed by atoms with Gasteiger partial charge in [-0.25, -0.2) is 13.8 Å². The van der Waals surface area contributed by atoms with Crippen LogP contribution < -0.4 is 0 Å². The number of nitrogens with zero attached hydrogens (tertiary/aromatic N) is 1. The van der Waals surface area contributed by atoms with Crippen LogP contribution in [0, 0.1) is 11.6 Å². The monoisotopic (exact) mass is 240 g/mol. The van der Waals surface area contributed by atoms with Gasteiger partial charge >= 0.3 is 5.97 Å². The van der Waals surface area contributed by atoms with Crippen LogP contribution in [-0.2, 0) is 16.0 Å². The Morgan fingerprint density at radius 2 is 2.12 bits per heavy atom. The van der Waals surface area contributed by atoms with Crippen LogP contribution in [0.3, 0.4) is 0 Å². The molecule has 0 radical (unpaired) electrons. The molecule has 17 heavy (non-hydrogen) atoms. The SMILES string of the molecule is CCOC(=O)Cc1nc2cc(F)c(F)cc2[nH]1. The van der Waals surface area contributed by atoms with Crippen molar-refractivity contribution in [3.05, 3.63) is 29.6 Å². The van der Waals surface area contributed by atoms with E-state index in [0.717, 1.165) is 12.1 Å². The van der Waals surface area contributed by atoms with E-state index in [-0.39, 0.29) is 18.5 Å². The average Bonchev–Trinajstić information content (AvgIpc) is 2.60. The zero-order valence-electron chi connectivity index (χ0n) is 9.09. The number of fused-ring (bicyclic) bond motifs is 1. The molecule has 2 rings (SSSR count). The van der Waals surface area contributed by atoms with Crippen LogP contribution in [0.5, 0.6) is 0 Å². The maximum Gasteiger partial charge on any atom is 0.313 e. The Hall–Kier alpha value is -1.98. The number of benzene rings is 1. The summed E-state index contributed by atoms with van der Waals surface area (Å²) in [5.41, 5.74) is 0.631. The summed E-state index contributed by atoms with van der Waals surface area (Å²) < 4.78 is 30.6. The average molecular weight is 240 g/mol. The summed E-state index contributed by atoms with van der Waals surface area (Å²) in [6.07, 6.45) is -0.0498. The normalized spacial score (nSPS) is 10.8. The molecular formula is C11H10F2N2O2. The van der Waals surface area contributed by atoms with E-state index in [2.05, 4.69) is 9.97 Å². The van der Waals surface area contributed by atoms with Gasteiger partial charge in [0.1, 0.15) is 12.2 Å². The molecular weight excluding hydrogens is 230 g/mol. The molecule has 0 spiro atoms. The fraction of sp³-hybridized carbons (Fsp3) is 0.273. The summed E-state index contributed by atoms with van der Waals surface area (Å²) in [6, 6.07) is 1.99. The van der Waals surface area contributed by atoms with Crippen LogP contribution in [0.25, 0.3) is 11.0 Å². The Labute approximate surface area is 95.6 Å². The standard InChI is InChI=1S/C11H10F2N2O2/c1-2-17-11(16)5-10-14-8-3-6(12)7(13)4-9(8)15-10/h3-4H,2,5H2,1H3,(H,14,15). The number of nitrogens with one attached hydrogen (secondary N) is 1. The van der Waals surface area contributed by atoms with Crippen LogP contribution in [0.1, 0.15) is 12.7 Å². The van der Waals surface area contributed by atoms with Crippen molar-refractivity contribution in [3.63, 3.8) is 0 Å². The highest BCUT2D eigenvalue weighted by Gasteiger charge is 2.11. The number of halogens is 2. The fourth-order valence-corrected chi connectivity index (χ4v) is 1.49. The van der Waals surface area contributed by atoms with Crippen molar-refractivity contribution in [2.75, 3.05) is 6.61 Å². The summed E-state index contributed by atoms with van der Waals surface area (Å²) >= 11 is 0. The predicted octanol–water partition coefficient (Wildman–Crippen LogP) is 1.95. The van der Waals surface area contributed by atoms with Gasteiger partial charge in [0, 0.05) is 12.1 Å². The topological polar surface area (TPSA) is 55.0 Å². The van der Waals surface area contributed by atoms with Gasteiger partial charge in [0.05, 0.1) is 17.6 Å². The van der Waals surface area contributed by atoms with Gasteiger partial charge < -0.3 is 9.72 Å². The summed E-state index contributed by atoms with van der Waals surface area (Å²) in [5, 5.41) is 0. The van der Waals surface area contributed by atoms with E-state index >= 15 is 0 Å². The molecule has 0 bridgehead atoms. The minimum Gasteiger partial charge on any atom is -0.466 e. The van der Waals surface area contributed by atoms with Gasteiger partial charge in [-0.15, -0.1) is 0 Å². The zero-order chi connectivity index (χ0) is 12.4. The van der Waals surface area contributed by atoms with Crippen molar-refractivity contribution in [2.45, 2.75) is 13.3 Å². The second kappa shape index (κ2) is 4.48. The Bertz CT molecular complexity index is 527. The number of H-pyrrole nitrogens is 1. The minimum atomic E-state index is -0.966. The van der Waals surface area contributed by atoms with E-state index in [0.29, 0.717) is 11.3 Å². The number of esters is 1. The van der Waals surface area contributed by atoms with Crippen molar-refractivity contribution in [2.24, 2.45) is 0 Å². The first-order valence-electron chi connectivity index (χ1n) is 5.09. The van der Waals surface area contributed by atoms with Gasteiger partial charge in [-0.2, -0.15) is 0 Å². The number of imidazole rings is 1. The highest BCUT2D eigenvalue weighted by atomic mass is 19.2. The molecule has 1 heterocycles. The zero-order valence-corrected chi connectivity index (χ0v) is 9.09. The number of aromatic nitrogens is 2. The molecule has 0 atom stereocenters. The number of carbonyl (C=O) groups excluding carboxylic acids is 1. The molecule has 0 unspecified atom stereocenters. The molecule has 0 aliphatic rings. The van der Waals surface area contributed by atoms with Crippen LogP contribution in [-0.4, -0.2) is 22.5 Å². The highest BCUT2D eigenvalue weighted by molar-refractivity contribution is 5.77. The summed E-state index contributed by atoms with van der Waals surface area (Å²) in [4.78, 5) is 17.9. The van der Waals surface area contributed by atoms with Gasteiger partial charge in [0.25, 0.3) is 0 Å². The number of hydrogen-bond donors (Lipinski definition) is 1. The fourth-order valence-electron chi connectivity index (χ4n) is 1.49. The van der Waals surface area contributed by atoms with E-state index in [1.807, 2.05) is 0 Å². The van der Waals surface area contributed by atoms with E-state index in [4.69, 9.17) is 4.74 Å². The molecule has 6 heteroatoms. The lowest BCUT2D eigenvalue weighted by Crippen LogP contribution is -2.08. The van der Waals surface area contributed by atoms with E-state index in [1.165, 1.54) is 0 Å². The summed E-state index contributed by atoms with van der Waals surface area (Å²) in [6.45, 7) is 1.98. The summed E-state index contributed by atoms with van der Waals surface area (Å²) in [5.74, 6) is -2.04. The number of hydrogen-bond acceptors (Lipinski definition) is 3. The molecule has 1 N–H and O–H groups in total. The van der Waals surface area contributed by atoms with E-state index in [1.54, 1.807) is 6.92 Å². The Morgan fingerprint density at radius 1 is 1.41 bits per heavy atom. The number of ether oxygens (including phenoxy) is 1. The minimum absolute atomic E-state index is 0.0498. The number of aromatic amines is 1. The molecule has 1 aromatic carbocycles. The van der Waals surface area contributed by atoms with Crippen molar-refractivity contribution >= 4 is 17.0 Å². The van der Waals surface area contributed by atoms with Gasteiger partial charge in [-0.05, 0) is 6.92 Å². The lowest BCUT2D eigenvalue weighted by molar-refractivity contribution is -0.142. The molecule has 0 fully saturated rings. The predicted molar refractivity (Wildman–Crippen MR) is 56.3 cm³/mol. The third-order valence-corrected chi connectivity index (χ3v) is 2.19. The maximum atomic E-state index is 12.9. The highest BCUT2D eigenvalue weighted by Crippen LogP contribution is 2.16. The van der Waals surface area contributed by atoms with Crippen molar-refractivity contribution in [1.82, 2.24) is 9.97 Å². The lowest BCUT2D eigenvalue weighted by Gasteiger charge is -1.97. The molecule has 0 saturated heterocycles. The maximum absolute atomic E-state index is 12.9. The van der Waals surface area contributed by atoms with Crippen molar-refractivity contribution < 1.29 is 18.3 Å². The van der Waals surface area contributed by atoms with Crippen LogP contribution in [0.15, 0.2) is 12.1 Å². The Morgan fingerprint density at radius 3 is 2.82 bits per heavy atom. The second-order valence-corrected chi connectivity index (χ2v) is 3.45. The van der Waals surface area contributed by atoms with E-state index in [9.17, 15) is 13.6 Å². The lowest BCUT2D eigenvalue weighted by atomic mass is 10.3. The van der Waals surface area contributed by atoms with Crippen LogP contribution >= 0.6 is 0 Å². The molecule has 0 aliphatic carbocycles. The van der Waals surface area contributed by atoms with Crippen LogP contribution in [0.2, 0.25) is 0 Å². The molecule has 0 saturated carbocycles. The number of carbonyl (C=O) groups is 1. The molecule has 90 valence electrons. The summed E-state index contributed by atoms with van der Waals surface area (Å²) in [7, 11) is 0. The van der Waals surface area contributed by atoms with Gasteiger partial charge in [0.15, 0.2) is 11.6 Å². The molecule has 0 aliphatic heterocycles. The first kappa shape index (κ1) is 11.5. The number of rotatable bonds is 3. The first-order chi connectivity index (χ1) is 8.10. The van der Waals surface area contributed by atoms with Gasteiger partial charge in [0.2, 0.25) is 0 Å². The van der Waals surface area contributed by atoms with Crippen molar-refractivity contribution in [3.8, 4) is 0 Å². The third-order valence-electron chi connectivity index (χ3n) is 2.19. The Balaban J connectivity index is 2.29. The largest absolute Gasteiger partial charge is 0.466 e. The Kier molecular flexibility index (Phi) is 3.03. The van der Waals surface area contributed by atoms with Crippen molar-refractivity contribution in [1.29, 1.82) is 0 Å². The quantitative estimate of drug-likeness (QED) is 0.834. The van der Waals surface area contributed by atoms with Crippen LogP contribution in [0.4, 0.5) is 8.78 Å².